The van der Waals surface area contributed by atoms with Crippen molar-refractivity contribution >= 4 is 15.9 Å². The Morgan fingerprint density at radius 3 is 2.39 bits per heavy atom. The lowest BCUT2D eigenvalue weighted by Gasteiger charge is -2.24. The maximum atomic E-state index is 3.51. The molecule has 0 aromatic heterocycles. The summed E-state index contributed by atoms with van der Waals surface area (Å²) in [6.07, 6.45) is 3.79. The maximum Gasteiger partial charge on any atom is 0.0175 e. The van der Waals surface area contributed by atoms with Crippen LogP contribution in [0, 0.1) is 11.8 Å². The highest BCUT2D eigenvalue weighted by Gasteiger charge is 2.16. The van der Waals surface area contributed by atoms with Crippen molar-refractivity contribution in [1.29, 1.82) is 0 Å². The zero-order chi connectivity index (χ0) is 13.4. The highest BCUT2D eigenvalue weighted by molar-refractivity contribution is 9.10. The molecule has 0 aliphatic carbocycles. The van der Waals surface area contributed by atoms with Gasteiger partial charge in [0, 0.05) is 4.47 Å². The highest BCUT2D eigenvalue weighted by atomic mass is 79.9. The van der Waals surface area contributed by atoms with Gasteiger partial charge in [-0.3, -0.25) is 0 Å². The van der Waals surface area contributed by atoms with Crippen molar-refractivity contribution in [2.45, 2.75) is 40.0 Å². The Hall–Kier alpha value is -0.340. The molecule has 0 fully saturated rings. The van der Waals surface area contributed by atoms with E-state index >= 15 is 0 Å². The van der Waals surface area contributed by atoms with Crippen LogP contribution in [0.1, 0.15) is 39.2 Å². The summed E-state index contributed by atoms with van der Waals surface area (Å²) in [6.45, 7) is 9.05. The molecule has 0 amide bonds. The minimum Gasteiger partial charge on any atom is -0.317 e. The van der Waals surface area contributed by atoms with Gasteiger partial charge in [0.15, 0.2) is 0 Å². The lowest BCUT2D eigenvalue weighted by molar-refractivity contribution is 0.320. The third kappa shape index (κ3) is 5.53. The van der Waals surface area contributed by atoms with E-state index in [9.17, 15) is 0 Å². The van der Waals surface area contributed by atoms with Crippen molar-refractivity contribution < 1.29 is 0 Å². The Bertz CT molecular complexity index is 320. The lowest BCUT2D eigenvalue weighted by atomic mass is 9.85. The molecule has 1 aromatic rings. The molecule has 0 bridgehead atoms. The predicted molar refractivity (Wildman–Crippen MR) is 84.0 cm³/mol. The highest BCUT2D eigenvalue weighted by Crippen LogP contribution is 2.22. The molecule has 0 spiro atoms. The lowest BCUT2D eigenvalue weighted by Crippen LogP contribution is -2.28. The van der Waals surface area contributed by atoms with E-state index in [-0.39, 0.29) is 0 Å². The number of rotatable bonds is 8. The number of hydrogen-bond donors (Lipinski definition) is 1. The van der Waals surface area contributed by atoms with Gasteiger partial charge in [-0.1, -0.05) is 61.7 Å². The van der Waals surface area contributed by atoms with E-state index in [1.54, 1.807) is 0 Å². The summed E-state index contributed by atoms with van der Waals surface area (Å²) in [5.74, 6) is 1.53. The summed E-state index contributed by atoms with van der Waals surface area (Å²) in [5, 5.41) is 3.51. The third-order valence-corrected chi connectivity index (χ3v) is 4.15. The van der Waals surface area contributed by atoms with Gasteiger partial charge in [0.1, 0.15) is 0 Å². The van der Waals surface area contributed by atoms with Gasteiger partial charge in [0.05, 0.1) is 0 Å². The molecule has 0 heterocycles. The van der Waals surface area contributed by atoms with Crippen LogP contribution in [0.25, 0.3) is 0 Å². The summed E-state index contributed by atoms with van der Waals surface area (Å²) in [5.41, 5.74) is 1.45. The summed E-state index contributed by atoms with van der Waals surface area (Å²) in [6, 6.07) is 8.76. The Morgan fingerprint density at radius 1 is 1.17 bits per heavy atom. The number of nitrogens with one attached hydrogen (secondary N) is 1. The first-order valence-electron chi connectivity index (χ1n) is 7.12. The van der Waals surface area contributed by atoms with Gasteiger partial charge in [0.25, 0.3) is 0 Å². The molecular formula is C16H26BrN. The molecular weight excluding hydrogens is 286 g/mol. The van der Waals surface area contributed by atoms with Crippen LogP contribution in [0.2, 0.25) is 0 Å². The minimum absolute atomic E-state index is 0.742. The van der Waals surface area contributed by atoms with Gasteiger partial charge in [-0.2, -0.15) is 0 Å². The minimum atomic E-state index is 0.742. The predicted octanol–water partition coefficient (Wildman–Crippen LogP) is 4.65. The Kier molecular flexibility index (Phi) is 7.60. The Labute approximate surface area is 120 Å². The van der Waals surface area contributed by atoms with Gasteiger partial charge in [-0.05, 0) is 49.0 Å². The fourth-order valence-electron chi connectivity index (χ4n) is 2.42. The maximum absolute atomic E-state index is 3.51. The van der Waals surface area contributed by atoms with E-state index in [1.165, 1.54) is 24.8 Å². The monoisotopic (exact) mass is 311 g/mol. The fraction of sp³-hybridized carbons (Fsp3) is 0.625. The van der Waals surface area contributed by atoms with Crippen LogP contribution in [0.4, 0.5) is 0 Å². The largest absolute Gasteiger partial charge is 0.317 e. The van der Waals surface area contributed by atoms with Crippen LogP contribution in [-0.4, -0.2) is 13.1 Å². The van der Waals surface area contributed by atoms with Gasteiger partial charge in [-0.15, -0.1) is 0 Å². The molecule has 102 valence electrons. The topological polar surface area (TPSA) is 12.0 Å². The van der Waals surface area contributed by atoms with Crippen LogP contribution >= 0.6 is 15.9 Å². The van der Waals surface area contributed by atoms with Crippen molar-refractivity contribution in [3.63, 3.8) is 0 Å². The third-order valence-electron chi connectivity index (χ3n) is 3.62. The first-order valence-corrected chi connectivity index (χ1v) is 7.91. The first-order chi connectivity index (χ1) is 8.67. The van der Waals surface area contributed by atoms with E-state index in [4.69, 9.17) is 0 Å². The Morgan fingerprint density at radius 2 is 1.83 bits per heavy atom. The second-order valence-electron chi connectivity index (χ2n) is 5.16. The second kappa shape index (κ2) is 8.71. The van der Waals surface area contributed by atoms with Crippen molar-refractivity contribution in [3.05, 3.63) is 34.3 Å². The summed E-state index contributed by atoms with van der Waals surface area (Å²) < 4.78 is 1.16. The number of hydrogen-bond acceptors (Lipinski definition) is 1. The summed E-state index contributed by atoms with van der Waals surface area (Å²) in [7, 11) is 0. The molecule has 2 atom stereocenters. The van der Waals surface area contributed by atoms with Gasteiger partial charge >= 0.3 is 0 Å². The molecule has 0 aliphatic heterocycles. The molecule has 1 aromatic carbocycles. The number of benzene rings is 1. The van der Waals surface area contributed by atoms with Gasteiger partial charge in [-0.25, -0.2) is 0 Å². The quantitative estimate of drug-likeness (QED) is 0.736. The average Bonchev–Trinajstić information content (AvgIpc) is 2.37. The normalized spacial score (nSPS) is 14.4. The summed E-state index contributed by atoms with van der Waals surface area (Å²) >= 11 is 3.50. The molecule has 0 saturated carbocycles. The molecule has 0 radical (unpaired) electrons. The van der Waals surface area contributed by atoms with Crippen molar-refractivity contribution in [2.24, 2.45) is 11.8 Å². The zero-order valence-corrected chi connectivity index (χ0v) is 13.5. The standard InChI is InChI=1S/C16H26BrN/c1-4-6-13(3)15(12-18-5-2)11-14-7-9-16(17)10-8-14/h7-10,13,15,18H,4-6,11-12H2,1-3H3. The molecule has 1 rings (SSSR count). The molecule has 1 nitrogen and oxygen atoms in total. The number of halogens is 1. The fourth-order valence-corrected chi connectivity index (χ4v) is 2.68. The second-order valence-corrected chi connectivity index (χ2v) is 6.08. The average molecular weight is 312 g/mol. The van der Waals surface area contributed by atoms with E-state index < -0.39 is 0 Å². The van der Waals surface area contributed by atoms with Crippen molar-refractivity contribution in [1.82, 2.24) is 5.32 Å². The van der Waals surface area contributed by atoms with Crippen LogP contribution < -0.4 is 5.32 Å². The van der Waals surface area contributed by atoms with E-state index in [0.717, 1.165) is 29.4 Å². The molecule has 2 heteroatoms. The molecule has 2 unspecified atom stereocenters. The molecule has 1 N–H and O–H groups in total. The molecule has 0 saturated heterocycles. The van der Waals surface area contributed by atoms with Gasteiger partial charge in [0.2, 0.25) is 0 Å². The van der Waals surface area contributed by atoms with Crippen LogP contribution in [0.3, 0.4) is 0 Å². The van der Waals surface area contributed by atoms with E-state index in [1.807, 2.05) is 0 Å². The van der Waals surface area contributed by atoms with Crippen LogP contribution in [0.15, 0.2) is 28.7 Å². The SMILES string of the molecule is CCCC(C)C(CNCC)Cc1ccc(Br)cc1. The Balaban J connectivity index is 2.61. The zero-order valence-electron chi connectivity index (χ0n) is 11.9. The first kappa shape index (κ1) is 15.7. The van der Waals surface area contributed by atoms with Crippen LogP contribution in [0.5, 0.6) is 0 Å². The van der Waals surface area contributed by atoms with Crippen molar-refractivity contribution in [3.8, 4) is 0 Å². The van der Waals surface area contributed by atoms with Crippen molar-refractivity contribution in [2.75, 3.05) is 13.1 Å². The van der Waals surface area contributed by atoms with E-state index in [0.29, 0.717) is 0 Å². The molecule has 18 heavy (non-hydrogen) atoms. The smallest absolute Gasteiger partial charge is 0.0175 e. The van der Waals surface area contributed by atoms with Gasteiger partial charge < -0.3 is 5.32 Å². The summed E-state index contributed by atoms with van der Waals surface area (Å²) in [4.78, 5) is 0. The van der Waals surface area contributed by atoms with E-state index in [2.05, 4.69) is 66.3 Å². The van der Waals surface area contributed by atoms with Crippen LogP contribution in [-0.2, 0) is 6.42 Å². The molecule has 0 aliphatic rings.